The van der Waals surface area contributed by atoms with Gasteiger partial charge in [0.2, 0.25) is 0 Å². The van der Waals surface area contributed by atoms with Crippen LogP contribution in [0.2, 0.25) is 0 Å². The Morgan fingerprint density at radius 2 is 1.62 bits per heavy atom. The predicted octanol–water partition coefficient (Wildman–Crippen LogP) is 3.46. The molecule has 0 aliphatic heterocycles. The summed E-state index contributed by atoms with van der Waals surface area (Å²) in [6.07, 6.45) is 3.87. The highest BCUT2D eigenvalue weighted by molar-refractivity contribution is 6.12. The van der Waals surface area contributed by atoms with Crippen molar-refractivity contribution in [1.29, 1.82) is 0 Å². The van der Waals surface area contributed by atoms with Gasteiger partial charge in [-0.05, 0) is 18.6 Å². The predicted molar refractivity (Wildman–Crippen MR) is 106 cm³/mol. The number of carbonyl (C=O) groups is 1. The minimum atomic E-state index is 0.0647. The number of hydrogen-bond donors (Lipinski definition) is 0. The summed E-state index contributed by atoms with van der Waals surface area (Å²) in [6, 6.07) is 17.0. The van der Waals surface area contributed by atoms with Gasteiger partial charge in [-0.1, -0.05) is 62.2 Å². The molecule has 0 N–H and O–H groups in total. The monoisotopic (exact) mass is 343 g/mol. The van der Waals surface area contributed by atoms with E-state index in [-0.39, 0.29) is 5.78 Å². The van der Waals surface area contributed by atoms with Crippen LogP contribution in [0.3, 0.4) is 0 Å². The van der Waals surface area contributed by atoms with Crippen LogP contribution in [0.15, 0.2) is 54.6 Å². The summed E-state index contributed by atoms with van der Waals surface area (Å²) in [5, 5.41) is 0. The summed E-state index contributed by atoms with van der Waals surface area (Å²) < 4.78 is 4.98. The maximum Gasteiger partial charge on any atom is 0.195 e. The Balaban J connectivity index is 0.000000351. The van der Waals surface area contributed by atoms with Crippen molar-refractivity contribution in [1.82, 2.24) is 0 Å². The van der Waals surface area contributed by atoms with E-state index in [2.05, 4.69) is 6.92 Å². The summed E-state index contributed by atoms with van der Waals surface area (Å²) in [4.78, 5) is 14.3. The van der Waals surface area contributed by atoms with Gasteiger partial charge in [0.25, 0.3) is 0 Å². The zero-order valence-electron chi connectivity index (χ0n) is 15.3. The normalized spacial score (nSPS) is 9.96. The fraction of sp³-hybridized carbons (Fsp3) is 0.350. The number of anilines is 1. The van der Waals surface area contributed by atoms with Crippen LogP contribution >= 0.6 is 0 Å². The van der Waals surface area contributed by atoms with E-state index in [1.54, 1.807) is 0 Å². The first-order valence-electron chi connectivity index (χ1n) is 8.46. The lowest BCUT2D eigenvalue weighted by Crippen LogP contribution is -2.14. The maximum atomic E-state index is 12.3. The van der Waals surface area contributed by atoms with Crippen LogP contribution in [-0.4, -0.2) is 37.0 Å². The average Bonchev–Trinajstić information content (AvgIpc) is 2.63. The Hall–Kier alpha value is -1.91. The van der Waals surface area contributed by atoms with Gasteiger partial charge in [-0.3, -0.25) is 4.79 Å². The van der Waals surface area contributed by atoms with Gasteiger partial charge in [-0.2, -0.15) is 0 Å². The van der Waals surface area contributed by atoms with Gasteiger partial charge in [0, 0.05) is 37.5 Å². The van der Waals surface area contributed by atoms with Crippen LogP contribution in [0.5, 0.6) is 0 Å². The van der Waals surface area contributed by atoms with Gasteiger partial charge in [0.15, 0.2) is 5.78 Å². The zero-order chi connectivity index (χ0) is 17.8. The maximum absolute atomic E-state index is 12.3. The Morgan fingerprint density at radius 1 is 1.00 bits per heavy atom. The number of hydrogen-bond acceptors (Lipinski definition) is 3. The van der Waals surface area contributed by atoms with Gasteiger partial charge in [-0.15, -0.1) is 0 Å². The van der Waals surface area contributed by atoms with E-state index >= 15 is 0 Å². The number of unbranched alkanes of at least 4 members (excludes halogenated alkanes) is 2. The van der Waals surface area contributed by atoms with E-state index in [9.17, 15) is 4.79 Å². The quantitative estimate of drug-likeness (QED) is 0.438. The molecule has 0 saturated carbocycles. The fourth-order valence-corrected chi connectivity index (χ4v) is 2.59. The summed E-state index contributed by atoms with van der Waals surface area (Å²) in [5.74, 6) is 0.0647. The third-order valence-corrected chi connectivity index (χ3v) is 4.03. The van der Waals surface area contributed by atoms with Crippen LogP contribution in [0.25, 0.3) is 0 Å². The number of rotatable bonds is 7. The summed E-state index contributed by atoms with van der Waals surface area (Å²) >= 11 is 0. The second-order valence-corrected chi connectivity index (χ2v) is 6.38. The largest absolute Gasteiger partial charge is 0.428 e. The lowest BCUT2D eigenvalue weighted by Gasteiger charge is -2.16. The molecule has 24 heavy (non-hydrogen) atoms. The molecule has 0 unspecified atom stereocenters. The molecule has 2 aromatic rings. The summed E-state index contributed by atoms with van der Waals surface area (Å²) in [6.45, 7) is 3.19. The van der Waals surface area contributed by atoms with Crippen LogP contribution < -0.4 is 4.90 Å². The highest BCUT2D eigenvalue weighted by Gasteiger charge is 2.13. The van der Waals surface area contributed by atoms with Gasteiger partial charge in [0.05, 0.1) is 0 Å². The number of para-hydroxylation sites is 1. The Kier molecular flexibility index (Phi) is 9.73. The van der Waals surface area contributed by atoms with Crippen molar-refractivity contribution in [3.05, 3.63) is 65.7 Å². The van der Waals surface area contributed by atoms with E-state index in [4.69, 9.17) is 4.43 Å². The molecule has 3 nitrogen and oxygen atoms in total. The molecule has 0 aliphatic rings. The zero-order valence-corrected chi connectivity index (χ0v) is 17.3. The van der Waals surface area contributed by atoms with Crippen molar-refractivity contribution in [3.8, 4) is 0 Å². The average molecular weight is 344 g/mol. The molecule has 0 atom stereocenters. The molecule has 2 rings (SSSR count). The molecule has 0 aromatic heterocycles. The molecule has 130 valence electrons. The van der Waals surface area contributed by atoms with Crippen molar-refractivity contribution in [3.63, 3.8) is 0 Å². The van der Waals surface area contributed by atoms with Gasteiger partial charge < -0.3 is 9.33 Å². The number of benzene rings is 2. The van der Waals surface area contributed by atoms with Crippen LogP contribution in [0, 0.1) is 0 Å². The first-order valence-corrected chi connectivity index (χ1v) is 9.28. The summed E-state index contributed by atoms with van der Waals surface area (Å²) in [5.41, 5.74) is 2.41. The van der Waals surface area contributed by atoms with Crippen molar-refractivity contribution in [2.45, 2.75) is 26.2 Å². The Morgan fingerprint density at radius 3 is 2.21 bits per heavy atom. The smallest absolute Gasteiger partial charge is 0.195 e. The molecule has 4 heteroatoms. The molecule has 0 heterocycles. The van der Waals surface area contributed by atoms with Crippen molar-refractivity contribution >= 4 is 22.0 Å². The number of ketones is 1. The second kappa shape index (κ2) is 11.6. The highest BCUT2D eigenvalue weighted by atomic mass is 28.2. The van der Waals surface area contributed by atoms with E-state index in [0.29, 0.717) is 0 Å². The lowest BCUT2D eigenvalue weighted by molar-refractivity contribution is 0.103. The minimum absolute atomic E-state index is 0.0647. The fourth-order valence-electron chi connectivity index (χ4n) is 2.30. The van der Waals surface area contributed by atoms with Gasteiger partial charge in [0.1, 0.15) is 10.5 Å². The number of carbonyl (C=O) groups excluding carboxylic acids is 1. The van der Waals surface area contributed by atoms with Crippen molar-refractivity contribution in [2.75, 3.05) is 25.6 Å². The van der Waals surface area contributed by atoms with Crippen LogP contribution in [-0.2, 0) is 4.43 Å². The van der Waals surface area contributed by atoms with Crippen molar-refractivity contribution < 1.29 is 9.22 Å². The van der Waals surface area contributed by atoms with E-state index in [1.165, 1.54) is 19.3 Å². The van der Waals surface area contributed by atoms with Gasteiger partial charge in [-0.25, -0.2) is 0 Å². The first kappa shape index (κ1) is 20.1. The topological polar surface area (TPSA) is 29.5 Å². The molecule has 0 bridgehead atoms. The standard InChI is InChI=1S/C15H15NO.C5H14OSi/c1-16(2)14-11-7-6-10-13(14)15(17)12-8-4-3-5-9-12;1-2-3-4-5-6-7/h3-11H,1-2H3;2-5H2,1,7H3. The molecule has 0 aliphatic carbocycles. The van der Waals surface area contributed by atoms with E-state index in [1.807, 2.05) is 73.6 Å². The second-order valence-electron chi connectivity index (χ2n) is 5.81. The highest BCUT2D eigenvalue weighted by Crippen LogP contribution is 2.21. The molecule has 0 spiro atoms. The molecule has 0 saturated heterocycles. The van der Waals surface area contributed by atoms with E-state index < -0.39 is 0 Å². The third kappa shape index (κ3) is 6.68. The molecule has 0 amide bonds. The SMILES string of the molecule is CCCCCO[SiH3].CN(C)c1ccccc1C(=O)c1ccccc1. The van der Waals surface area contributed by atoms with Crippen molar-refractivity contribution in [2.24, 2.45) is 0 Å². The Labute approximate surface area is 149 Å². The molecule has 0 radical (unpaired) electrons. The molecule has 2 aromatic carbocycles. The van der Waals surface area contributed by atoms with Crippen LogP contribution in [0.1, 0.15) is 42.1 Å². The van der Waals surface area contributed by atoms with Crippen LogP contribution in [0.4, 0.5) is 5.69 Å². The third-order valence-electron chi connectivity index (χ3n) is 3.62. The first-order chi connectivity index (χ1) is 11.6. The minimum Gasteiger partial charge on any atom is -0.428 e. The molecular formula is C20H29NO2Si. The lowest BCUT2D eigenvalue weighted by atomic mass is 10.0. The summed E-state index contributed by atoms with van der Waals surface area (Å²) in [7, 11) is 4.79. The number of nitrogens with zero attached hydrogens (tertiary/aromatic N) is 1. The Bertz CT molecular complexity index is 596. The van der Waals surface area contributed by atoms with E-state index in [0.717, 1.165) is 33.9 Å². The molecule has 0 fully saturated rings. The van der Waals surface area contributed by atoms with Gasteiger partial charge >= 0.3 is 0 Å². The molecular weight excluding hydrogens is 314 g/mol.